The third-order valence-electron chi connectivity index (χ3n) is 4.68. The van der Waals surface area contributed by atoms with Gasteiger partial charge in [-0.05, 0) is 36.6 Å². The SMILES string of the molecule is N#Cc1cccc(NC(=O)C2CCN(C(=O)Cc3ccccc3)CC2)c1. The lowest BCUT2D eigenvalue weighted by Gasteiger charge is -2.31. The minimum Gasteiger partial charge on any atom is -0.342 e. The summed E-state index contributed by atoms with van der Waals surface area (Å²) in [4.78, 5) is 26.7. The fraction of sp³-hybridized carbons (Fsp3) is 0.286. The molecule has 1 aliphatic rings. The first-order valence-electron chi connectivity index (χ1n) is 8.78. The molecular formula is C21H21N3O2. The Balaban J connectivity index is 1.50. The molecule has 0 radical (unpaired) electrons. The molecule has 2 amide bonds. The number of likely N-dealkylation sites (tertiary alicyclic amines) is 1. The highest BCUT2D eigenvalue weighted by atomic mass is 16.2. The zero-order chi connectivity index (χ0) is 18.4. The molecule has 1 heterocycles. The average molecular weight is 347 g/mol. The molecule has 0 atom stereocenters. The van der Waals surface area contributed by atoms with E-state index in [0.717, 1.165) is 5.56 Å². The van der Waals surface area contributed by atoms with Crippen LogP contribution in [-0.4, -0.2) is 29.8 Å². The van der Waals surface area contributed by atoms with E-state index in [9.17, 15) is 9.59 Å². The van der Waals surface area contributed by atoms with Crippen molar-refractivity contribution in [3.8, 4) is 6.07 Å². The summed E-state index contributed by atoms with van der Waals surface area (Å²) in [5, 5.41) is 11.8. The summed E-state index contributed by atoms with van der Waals surface area (Å²) in [6.07, 6.45) is 1.72. The molecule has 0 aliphatic carbocycles. The van der Waals surface area contributed by atoms with Gasteiger partial charge in [0.05, 0.1) is 18.1 Å². The van der Waals surface area contributed by atoms with Crippen LogP contribution in [0, 0.1) is 17.2 Å². The normalized spacial score (nSPS) is 14.5. The maximum absolute atomic E-state index is 12.4. The van der Waals surface area contributed by atoms with Crippen LogP contribution in [0.5, 0.6) is 0 Å². The minimum absolute atomic E-state index is 0.0461. The van der Waals surface area contributed by atoms with Gasteiger partial charge in [-0.3, -0.25) is 9.59 Å². The molecule has 5 nitrogen and oxygen atoms in total. The number of hydrogen-bond acceptors (Lipinski definition) is 3. The predicted octanol–water partition coefficient (Wildman–Crippen LogP) is 2.98. The van der Waals surface area contributed by atoms with Gasteiger partial charge in [0, 0.05) is 24.7 Å². The Morgan fingerprint density at radius 1 is 1.08 bits per heavy atom. The lowest BCUT2D eigenvalue weighted by Crippen LogP contribution is -2.42. The van der Waals surface area contributed by atoms with Crippen LogP contribution >= 0.6 is 0 Å². The van der Waals surface area contributed by atoms with E-state index in [-0.39, 0.29) is 17.7 Å². The van der Waals surface area contributed by atoms with E-state index >= 15 is 0 Å². The van der Waals surface area contributed by atoms with Crippen molar-refractivity contribution in [2.45, 2.75) is 19.3 Å². The lowest BCUT2D eigenvalue weighted by molar-refractivity contribution is -0.133. The number of piperidine rings is 1. The van der Waals surface area contributed by atoms with Crippen LogP contribution < -0.4 is 5.32 Å². The van der Waals surface area contributed by atoms with Crippen molar-refractivity contribution in [1.29, 1.82) is 5.26 Å². The van der Waals surface area contributed by atoms with Gasteiger partial charge in [-0.25, -0.2) is 0 Å². The van der Waals surface area contributed by atoms with Crippen molar-refractivity contribution in [1.82, 2.24) is 4.90 Å². The fourth-order valence-electron chi connectivity index (χ4n) is 3.18. The first-order chi connectivity index (χ1) is 12.7. The van der Waals surface area contributed by atoms with E-state index in [1.54, 1.807) is 24.3 Å². The first-order valence-corrected chi connectivity index (χ1v) is 8.78. The molecule has 0 unspecified atom stereocenters. The largest absolute Gasteiger partial charge is 0.342 e. The highest BCUT2D eigenvalue weighted by Crippen LogP contribution is 2.20. The van der Waals surface area contributed by atoms with Crippen LogP contribution in [0.2, 0.25) is 0 Å². The molecule has 0 bridgehead atoms. The molecular weight excluding hydrogens is 326 g/mol. The molecule has 0 saturated carbocycles. The van der Waals surface area contributed by atoms with E-state index in [1.807, 2.05) is 35.2 Å². The number of rotatable bonds is 4. The molecule has 1 N–H and O–H groups in total. The Hall–Kier alpha value is -3.13. The smallest absolute Gasteiger partial charge is 0.227 e. The van der Waals surface area contributed by atoms with E-state index in [0.29, 0.717) is 43.6 Å². The quantitative estimate of drug-likeness (QED) is 0.924. The molecule has 26 heavy (non-hydrogen) atoms. The second-order valence-corrected chi connectivity index (χ2v) is 6.50. The van der Waals surface area contributed by atoms with Gasteiger partial charge in [-0.1, -0.05) is 36.4 Å². The fourth-order valence-corrected chi connectivity index (χ4v) is 3.18. The maximum Gasteiger partial charge on any atom is 0.227 e. The van der Waals surface area contributed by atoms with Gasteiger partial charge in [0.25, 0.3) is 0 Å². The van der Waals surface area contributed by atoms with Gasteiger partial charge in [0.2, 0.25) is 11.8 Å². The predicted molar refractivity (Wildman–Crippen MR) is 99.2 cm³/mol. The second-order valence-electron chi connectivity index (χ2n) is 6.50. The van der Waals surface area contributed by atoms with Gasteiger partial charge >= 0.3 is 0 Å². The van der Waals surface area contributed by atoms with E-state index in [2.05, 4.69) is 11.4 Å². The molecule has 2 aromatic carbocycles. The molecule has 0 spiro atoms. The number of nitriles is 1. The highest BCUT2D eigenvalue weighted by Gasteiger charge is 2.27. The van der Waals surface area contributed by atoms with Crippen LogP contribution in [0.4, 0.5) is 5.69 Å². The molecule has 1 aliphatic heterocycles. The summed E-state index contributed by atoms with van der Waals surface area (Å²) in [7, 11) is 0. The lowest BCUT2D eigenvalue weighted by atomic mass is 9.95. The molecule has 132 valence electrons. The summed E-state index contributed by atoms with van der Waals surface area (Å²) in [6, 6.07) is 18.7. The Morgan fingerprint density at radius 2 is 1.81 bits per heavy atom. The van der Waals surface area contributed by atoms with Crippen LogP contribution in [0.1, 0.15) is 24.0 Å². The summed E-state index contributed by atoms with van der Waals surface area (Å²) in [5.74, 6) is -0.0476. The number of benzene rings is 2. The Labute approximate surface area is 153 Å². The molecule has 1 saturated heterocycles. The standard InChI is InChI=1S/C21H21N3O2/c22-15-17-7-4-8-19(13-17)23-21(26)18-9-11-24(12-10-18)20(25)14-16-5-2-1-3-6-16/h1-8,13,18H,9-12,14H2,(H,23,26). The number of hydrogen-bond donors (Lipinski definition) is 1. The maximum atomic E-state index is 12.4. The molecule has 5 heteroatoms. The van der Waals surface area contributed by atoms with Crippen LogP contribution in [0.15, 0.2) is 54.6 Å². The Kier molecular flexibility index (Phi) is 5.65. The third-order valence-corrected chi connectivity index (χ3v) is 4.68. The van der Waals surface area contributed by atoms with Gasteiger partial charge in [0.1, 0.15) is 0 Å². The molecule has 3 rings (SSSR count). The number of carbonyl (C=O) groups is 2. The van der Waals surface area contributed by atoms with E-state index < -0.39 is 0 Å². The summed E-state index contributed by atoms with van der Waals surface area (Å²) < 4.78 is 0. The monoisotopic (exact) mass is 347 g/mol. The highest BCUT2D eigenvalue weighted by molar-refractivity contribution is 5.93. The van der Waals surface area contributed by atoms with Crippen molar-refractivity contribution in [2.75, 3.05) is 18.4 Å². The van der Waals surface area contributed by atoms with Crippen molar-refractivity contribution in [2.24, 2.45) is 5.92 Å². The van der Waals surface area contributed by atoms with Gasteiger partial charge in [-0.15, -0.1) is 0 Å². The third kappa shape index (κ3) is 4.48. The summed E-state index contributed by atoms with van der Waals surface area (Å²) in [6.45, 7) is 1.20. The van der Waals surface area contributed by atoms with Crippen molar-refractivity contribution in [3.05, 3.63) is 65.7 Å². The molecule has 1 fully saturated rings. The average Bonchev–Trinajstić information content (AvgIpc) is 2.69. The van der Waals surface area contributed by atoms with Crippen molar-refractivity contribution >= 4 is 17.5 Å². The summed E-state index contributed by atoms with van der Waals surface area (Å²) >= 11 is 0. The summed E-state index contributed by atoms with van der Waals surface area (Å²) in [5.41, 5.74) is 2.16. The number of amides is 2. The zero-order valence-electron chi connectivity index (χ0n) is 14.5. The second kappa shape index (κ2) is 8.30. The Morgan fingerprint density at radius 3 is 2.50 bits per heavy atom. The van der Waals surface area contributed by atoms with Gasteiger partial charge in [-0.2, -0.15) is 5.26 Å². The van der Waals surface area contributed by atoms with Crippen LogP contribution in [-0.2, 0) is 16.0 Å². The Bertz CT molecular complexity index is 819. The number of carbonyl (C=O) groups excluding carboxylic acids is 2. The first kappa shape index (κ1) is 17.7. The van der Waals surface area contributed by atoms with E-state index in [4.69, 9.17) is 5.26 Å². The number of nitrogens with one attached hydrogen (secondary N) is 1. The minimum atomic E-state index is -0.110. The van der Waals surface area contributed by atoms with Crippen LogP contribution in [0.3, 0.4) is 0 Å². The number of anilines is 1. The van der Waals surface area contributed by atoms with Crippen molar-refractivity contribution < 1.29 is 9.59 Å². The zero-order valence-corrected chi connectivity index (χ0v) is 14.5. The number of nitrogens with zero attached hydrogens (tertiary/aromatic N) is 2. The molecule has 0 aromatic heterocycles. The molecule has 2 aromatic rings. The topological polar surface area (TPSA) is 73.2 Å². The van der Waals surface area contributed by atoms with Crippen LogP contribution in [0.25, 0.3) is 0 Å². The van der Waals surface area contributed by atoms with E-state index in [1.165, 1.54) is 0 Å². The van der Waals surface area contributed by atoms with Gasteiger partial charge in [0.15, 0.2) is 0 Å². The van der Waals surface area contributed by atoms with Gasteiger partial charge < -0.3 is 10.2 Å². The van der Waals surface area contributed by atoms with Crippen molar-refractivity contribution in [3.63, 3.8) is 0 Å².